The largest absolute Gasteiger partial charge is 0.506 e. The molecule has 0 aliphatic heterocycles. The summed E-state index contributed by atoms with van der Waals surface area (Å²) < 4.78 is 19.2. The molecule has 0 aliphatic carbocycles. The molecule has 8 nitrogen and oxygen atoms in total. The van der Waals surface area contributed by atoms with Crippen molar-refractivity contribution in [3.8, 4) is 34.4 Å². The van der Waals surface area contributed by atoms with Gasteiger partial charge < -0.3 is 19.3 Å². The predicted molar refractivity (Wildman–Crippen MR) is 119 cm³/mol. The van der Waals surface area contributed by atoms with Crippen LogP contribution in [-0.2, 0) is 0 Å². The van der Waals surface area contributed by atoms with Crippen LogP contribution in [0.5, 0.6) is 23.0 Å². The highest BCUT2D eigenvalue weighted by Gasteiger charge is 2.17. The van der Waals surface area contributed by atoms with Crippen LogP contribution in [0.3, 0.4) is 0 Å². The number of nitrogens with zero attached hydrogens (tertiary/aromatic N) is 3. The summed E-state index contributed by atoms with van der Waals surface area (Å²) in [6.07, 6.45) is 1.48. The first kappa shape index (κ1) is 21.3. The molecule has 0 atom stereocenters. The molecule has 152 valence electrons. The van der Waals surface area contributed by atoms with Crippen molar-refractivity contribution >= 4 is 50.3 Å². The van der Waals surface area contributed by atoms with Crippen LogP contribution < -0.4 is 14.2 Å². The predicted octanol–water partition coefficient (Wildman–Crippen LogP) is 4.75. The van der Waals surface area contributed by atoms with Gasteiger partial charge in [-0.3, -0.25) is 0 Å². The van der Waals surface area contributed by atoms with Gasteiger partial charge in [-0.2, -0.15) is 14.9 Å². The van der Waals surface area contributed by atoms with Crippen LogP contribution in [0.4, 0.5) is 0 Å². The Balaban J connectivity index is 2.11. The van der Waals surface area contributed by atoms with Gasteiger partial charge in [-0.05, 0) is 52.4 Å². The Morgan fingerprint density at radius 2 is 1.76 bits per heavy atom. The number of halogens is 2. The second-order valence-electron chi connectivity index (χ2n) is 5.65. The van der Waals surface area contributed by atoms with E-state index in [-0.39, 0.29) is 10.5 Å². The second kappa shape index (κ2) is 8.97. The van der Waals surface area contributed by atoms with Crippen molar-refractivity contribution < 1.29 is 19.3 Å². The molecule has 0 amide bonds. The second-order valence-corrected chi connectivity index (χ2v) is 7.80. The average Bonchev–Trinajstić information content (AvgIpc) is 3.08. The smallest absolute Gasteiger partial charge is 0.216 e. The number of rotatable bonds is 6. The molecule has 0 radical (unpaired) electrons. The van der Waals surface area contributed by atoms with Crippen molar-refractivity contribution in [2.45, 2.75) is 0 Å². The van der Waals surface area contributed by atoms with Crippen LogP contribution in [0.15, 0.2) is 38.3 Å². The van der Waals surface area contributed by atoms with E-state index in [1.54, 1.807) is 24.3 Å². The SMILES string of the molecule is COc1cc(-c2n[nH]c(=S)n2/N=C/c2cc(Br)cc(Br)c2O)cc(OC)c1OC. The Labute approximate surface area is 188 Å². The first-order chi connectivity index (χ1) is 13.9. The standard InChI is InChI=1S/C18H16Br2N4O4S/c1-26-13-5-9(6-14(27-2)16(13)28-3)17-22-23-18(29)24(17)21-8-10-4-11(19)7-12(20)15(10)25/h4-8,25H,1-3H3,(H,23,29)/b21-8+. The molecule has 0 bridgehead atoms. The lowest BCUT2D eigenvalue weighted by Crippen LogP contribution is -1.99. The van der Waals surface area contributed by atoms with E-state index in [9.17, 15) is 5.11 Å². The number of aromatic hydroxyl groups is 1. The first-order valence-corrected chi connectivity index (χ1v) is 10.1. The quantitative estimate of drug-likeness (QED) is 0.344. The van der Waals surface area contributed by atoms with Gasteiger partial charge in [0.2, 0.25) is 10.5 Å². The summed E-state index contributed by atoms with van der Waals surface area (Å²) >= 11 is 12.0. The number of nitrogens with one attached hydrogen (secondary N) is 1. The van der Waals surface area contributed by atoms with Gasteiger partial charge in [0.25, 0.3) is 0 Å². The van der Waals surface area contributed by atoms with Crippen LogP contribution in [0.25, 0.3) is 11.4 Å². The number of aromatic nitrogens is 3. The maximum atomic E-state index is 10.2. The first-order valence-electron chi connectivity index (χ1n) is 8.09. The lowest BCUT2D eigenvalue weighted by Gasteiger charge is -2.13. The minimum atomic E-state index is 0.0568. The molecule has 0 fully saturated rings. The van der Waals surface area contributed by atoms with Crippen molar-refractivity contribution in [2.75, 3.05) is 21.3 Å². The van der Waals surface area contributed by atoms with Gasteiger partial charge in [0.1, 0.15) is 5.75 Å². The summed E-state index contributed by atoms with van der Waals surface area (Å²) in [4.78, 5) is 0. The Morgan fingerprint density at radius 1 is 1.10 bits per heavy atom. The average molecular weight is 544 g/mol. The summed E-state index contributed by atoms with van der Waals surface area (Å²) in [6.45, 7) is 0. The third-order valence-electron chi connectivity index (χ3n) is 3.94. The number of ether oxygens (including phenoxy) is 3. The summed E-state index contributed by atoms with van der Waals surface area (Å²) in [6, 6.07) is 6.95. The van der Waals surface area contributed by atoms with E-state index in [0.29, 0.717) is 38.7 Å². The van der Waals surface area contributed by atoms with Crippen molar-refractivity contribution in [1.82, 2.24) is 14.9 Å². The number of hydrogen-bond donors (Lipinski definition) is 2. The summed E-state index contributed by atoms with van der Waals surface area (Å²) in [5.74, 6) is 1.90. The van der Waals surface area contributed by atoms with Gasteiger partial charge in [-0.25, -0.2) is 5.10 Å². The molecule has 1 aromatic heterocycles. The van der Waals surface area contributed by atoms with E-state index in [0.717, 1.165) is 4.47 Å². The molecule has 29 heavy (non-hydrogen) atoms. The van der Waals surface area contributed by atoms with Crippen LogP contribution >= 0.6 is 44.1 Å². The monoisotopic (exact) mass is 542 g/mol. The molecule has 2 aromatic carbocycles. The molecule has 1 heterocycles. The highest BCUT2D eigenvalue weighted by atomic mass is 79.9. The Kier molecular flexibility index (Phi) is 6.60. The highest BCUT2D eigenvalue weighted by molar-refractivity contribution is 9.11. The third kappa shape index (κ3) is 4.31. The van der Waals surface area contributed by atoms with Crippen LogP contribution in [0.1, 0.15) is 5.56 Å². The number of phenols is 1. The van der Waals surface area contributed by atoms with Crippen molar-refractivity contribution in [2.24, 2.45) is 5.10 Å². The van der Waals surface area contributed by atoms with Crippen molar-refractivity contribution in [3.05, 3.63) is 43.5 Å². The lowest BCUT2D eigenvalue weighted by molar-refractivity contribution is 0.324. The number of H-pyrrole nitrogens is 1. The fourth-order valence-electron chi connectivity index (χ4n) is 2.60. The van der Waals surface area contributed by atoms with Crippen LogP contribution in [-0.4, -0.2) is 47.5 Å². The molecular weight excluding hydrogens is 528 g/mol. The van der Waals surface area contributed by atoms with Gasteiger partial charge in [0, 0.05) is 15.6 Å². The lowest BCUT2D eigenvalue weighted by atomic mass is 10.1. The van der Waals surface area contributed by atoms with Gasteiger partial charge in [0.05, 0.1) is 32.0 Å². The summed E-state index contributed by atoms with van der Waals surface area (Å²) in [5.41, 5.74) is 1.13. The third-order valence-corrected chi connectivity index (χ3v) is 5.27. The molecule has 2 N–H and O–H groups in total. The van der Waals surface area contributed by atoms with E-state index in [4.69, 9.17) is 26.4 Å². The van der Waals surface area contributed by atoms with E-state index >= 15 is 0 Å². The Morgan fingerprint density at radius 3 is 2.34 bits per heavy atom. The molecule has 0 spiro atoms. The highest BCUT2D eigenvalue weighted by Crippen LogP contribution is 2.40. The fraction of sp³-hybridized carbons (Fsp3) is 0.167. The number of benzene rings is 2. The van der Waals surface area contributed by atoms with Crippen LogP contribution in [0, 0.1) is 4.77 Å². The van der Waals surface area contributed by atoms with Gasteiger partial charge >= 0.3 is 0 Å². The van der Waals surface area contributed by atoms with Crippen molar-refractivity contribution in [1.29, 1.82) is 0 Å². The fourth-order valence-corrected chi connectivity index (χ4v) is 4.04. The van der Waals surface area contributed by atoms with Crippen molar-refractivity contribution in [3.63, 3.8) is 0 Å². The van der Waals surface area contributed by atoms with Crippen LogP contribution in [0.2, 0.25) is 0 Å². The van der Waals surface area contributed by atoms with Gasteiger partial charge in [-0.15, -0.1) is 0 Å². The molecule has 0 saturated carbocycles. The molecule has 11 heteroatoms. The number of aromatic amines is 1. The zero-order valence-electron chi connectivity index (χ0n) is 15.6. The molecule has 0 unspecified atom stereocenters. The van der Waals surface area contributed by atoms with E-state index in [2.05, 4.69) is 47.2 Å². The van der Waals surface area contributed by atoms with E-state index in [1.807, 2.05) is 0 Å². The number of phenolic OH excluding ortho intramolecular Hbond substituents is 1. The topological polar surface area (TPSA) is 93.9 Å². The normalized spacial score (nSPS) is 11.1. The Hall–Kier alpha value is -2.37. The zero-order chi connectivity index (χ0) is 21.1. The summed E-state index contributed by atoms with van der Waals surface area (Å²) in [7, 11) is 4.59. The minimum Gasteiger partial charge on any atom is -0.506 e. The zero-order valence-corrected chi connectivity index (χ0v) is 19.6. The molecule has 0 saturated heterocycles. The molecular formula is C18H16Br2N4O4S. The number of hydrogen-bond acceptors (Lipinski definition) is 7. The molecule has 3 aromatic rings. The van der Waals surface area contributed by atoms with Gasteiger partial charge in [-0.1, -0.05) is 15.9 Å². The maximum Gasteiger partial charge on any atom is 0.216 e. The van der Waals surface area contributed by atoms with Gasteiger partial charge in [0.15, 0.2) is 17.3 Å². The number of methoxy groups -OCH3 is 3. The minimum absolute atomic E-state index is 0.0568. The maximum absolute atomic E-state index is 10.2. The molecule has 0 aliphatic rings. The van der Waals surface area contributed by atoms with E-state index in [1.165, 1.54) is 32.2 Å². The summed E-state index contributed by atoms with van der Waals surface area (Å²) in [5, 5.41) is 21.6. The van der Waals surface area contributed by atoms with E-state index < -0.39 is 0 Å². The Bertz CT molecular complexity index is 1120. The molecule has 3 rings (SSSR count).